The van der Waals surface area contributed by atoms with Crippen molar-refractivity contribution >= 4 is 11.0 Å². The van der Waals surface area contributed by atoms with Gasteiger partial charge < -0.3 is 10.2 Å². The Labute approximate surface area is 114 Å². The number of nitrogens with zero attached hydrogens (tertiary/aromatic N) is 1. The Balaban J connectivity index is 1.74. The second kappa shape index (κ2) is 4.66. The number of piperidine rings is 1. The third-order valence-corrected chi connectivity index (χ3v) is 4.25. The quantitative estimate of drug-likeness (QED) is 0.900. The number of furan rings is 1. The van der Waals surface area contributed by atoms with Crippen LogP contribution in [0.4, 0.5) is 0 Å². The average Bonchev–Trinajstić information content (AvgIpc) is 2.75. The largest absolute Gasteiger partial charge is 0.460 e. The Morgan fingerprint density at radius 1 is 1.37 bits per heavy atom. The molecule has 1 aliphatic rings. The molecule has 1 atom stereocenters. The van der Waals surface area contributed by atoms with E-state index in [1.807, 2.05) is 18.2 Å². The molecule has 102 valence electrons. The molecule has 3 rings (SSSR count). The molecule has 0 spiro atoms. The topological polar surface area (TPSA) is 42.4 Å². The Morgan fingerprint density at radius 3 is 2.89 bits per heavy atom. The van der Waals surface area contributed by atoms with Crippen molar-refractivity contribution in [3.63, 3.8) is 0 Å². The molecule has 2 aromatic rings. The van der Waals surface area contributed by atoms with Crippen LogP contribution in [0.5, 0.6) is 0 Å². The van der Waals surface area contributed by atoms with Crippen LogP contribution in [0.25, 0.3) is 11.0 Å². The molecule has 3 heteroatoms. The number of nitrogens with two attached hydrogens (primary N) is 1. The van der Waals surface area contributed by atoms with Gasteiger partial charge >= 0.3 is 0 Å². The van der Waals surface area contributed by atoms with Crippen molar-refractivity contribution in [3.05, 3.63) is 36.1 Å². The van der Waals surface area contributed by atoms with Gasteiger partial charge in [-0.25, -0.2) is 0 Å². The minimum atomic E-state index is 0.185. The number of likely N-dealkylation sites (tertiary alicyclic amines) is 1. The Kier molecular flexibility index (Phi) is 3.11. The van der Waals surface area contributed by atoms with Gasteiger partial charge in [0.05, 0.1) is 6.54 Å². The normalized spacial score (nSPS) is 23.8. The van der Waals surface area contributed by atoms with Gasteiger partial charge in [-0.3, -0.25) is 4.90 Å². The molecule has 0 bridgehead atoms. The lowest BCUT2D eigenvalue weighted by Crippen LogP contribution is -2.51. The van der Waals surface area contributed by atoms with E-state index in [-0.39, 0.29) is 5.41 Å². The first-order chi connectivity index (χ1) is 9.04. The van der Waals surface area contributed by atoms with Crippen LogP contribution in [0.2, 0.25) is 0 Å². The fourth-order valence-corrected chi connectivity index (χ4v) is 2.96. The molecule has 1 unspecified atom stereocenters. The van der Waals surface area contributed by atoms with Crippen LogP contribution in [0.1, 0.15) is 26.0 Å². The Morgan fingerprint density at radius 2 is 2.16 bits per heavy atom. The molecule has 0 radical (unpaired) electrons. The summed E-state index contributed by atoms with van der Waals surface area (Å²) in [5, 5.41) is 1.19. The Hall–Kier alpha value is -1.32. The molecular formula is C16H22N2O. The van der Waals surface area contributed by atoms with E-state index in [0.29, 0.717) is 6.04 Å². The van der Waals surface area contributed by atoms with E-state index in [0.717, 1.165) is 37.4 Å². The van der Waals surface area contributed by atoms with Crippen LogP contribution in [-0.4, -0.2) is 24.0 Å². The van der Waals surface area contributed by atoms with Crippen LogP contribution >= 0.6 is 0 Å². The number of rotatable bonds is 2. The van der Waals surface area contributed by atoms with Crippen molar-refractivity contribution in [2.45, 2.75) is 32.9 Å². The van der Waals surface area contributed by atoms with E-state index >= 15 is 0 Å². The first-order valence-electron chi connectivity index (χ1n) is 7.00. The van der Waals surface area contributed by atoms with Crippen LogP contribution in [-0.2, 0) is 6.54 Å². The summed E-state index contributed by atoms with van der Waals surface area (Å²) in [4.78, 5) is 2.45. The monoisotopic (exact) mass is 258 g/mol. The lowest BCUT2D eigenvalue weighted by molar-refractivity contribution is 0.0849. The van der Waals surface area contributed by atoms with Crippen molar-refractivity contribution in [2.75, 3.05) is 13.1 Å². The van der Waals surface area contributed by atoms with Crippen molar-refractivity contribution in [1.29, 1.82) is 0 Å². The minimum Gasteiger partial charge on any atom is -0.460 e. The SMILES string of the molecule is CC1(C)CN(Cc2cc3ccccc3o2)CCC1N. The zero-order valence-electron chi connectivity index (χ0n) is 11.7. The van der Waals surface area contributed by atoms with Gasteiger partial charge in [0.1, 0.15) is 11.3 Å². The van der Waals surface area contributed by atoms with E-state index < -0.39 is 0 Å². The third-order valence-electron chi connectivity index (χ3n) is 4.25. The zero-order valence-corrected chi connectivity index (χ0v) is 11.7. The highest BCUT2D eigenvalue weighted by Gasteiger charge is 2.33. The lowest BCUT2D eigenvalue weighted by Gasteiger charge is -2.42. The fourth-order valence-electron chi connectivity index (χ4n) is 2.96. The summed E-state index contributed by atoms with van der Waals surface area (Å²) in [5.41, 5.74) is 7.34. The van der Waals surface area contributed by atoms with Gasteiger partial charge in [-0.1, -0.05) is 32.0 Å². The second-order valence-corrected chi connectivity index (χ2v) is 6.34. The molecule has 19 heavy (non-hydrogen) atoms. The van der Waals surface area contributed by atoms with Crippen LogP contribution in [0, 0.1) is 5.41 Å². The number of hydrogen-bond donors (Lipinski definition) is 1. The standard InChI is InChI=1S/C16H22N2O/c1-16(2)11-18(8-7-15(16)17)10-13-9-12-5-3-4-6-14(12)19-13/h3-6,9,15H,7-8,10-11,17H2,1-2H3. The van der Waals surface area contributed by atoms with Gasteiger partial charge in [-0.05, 0) is 24.0 Å². The van der Waals surface area contributed by atoms with Crippen LogP contribution in [0.3, 0.4) is 0 Å². The van der Waals surface area contributed by atoms with E-state index in [1.54, 1.807) is 0 Å². The maximum absolute atomic E-state index is 6.18. The molecule has 1 aromatic carbocycles. The van der Waals surface area contributed by atoms with E-state index in [1.165, 1.54) is 5.39 Å². The molecule has 3 nitrogen and oxygen atoms in total. The number of para-hydroxylation sites is 1. The molecule has 1 saturated heterocycles. The van der Waals surface area contributed by atoms with Crippen LogP contribution < -0.4 is 5.73 Å². The first kappa shape index (κ1) is 12.7. The second-order valence-electron chi connectivity index (χ2n) is 6.34. The highest BCUT2D eigenvalue weighted by Crippen LogP contribution is 2.29. The number of hydrogen-bond acceptors (Lipinski definition) is 3. The molecule has 2 N–H and O–H groups in total. The van der Waals surface area contributed by atoms with Gasteiger partial charge in [-0.15, -0.1) is 0 Å². The molecule has 1 fully saturated rings. The molecule has 0 amide bonds. The summed E-state index contributed by atoms with van der Waals surface area (Å²) in [6.45, 7) is 7.47. The highest BCUT2D eigenvalue weighted by molar-refractivity contribution is 5.77. The molecule has 0 aliphatic carbocycles. The molecule has 0 saturated carbocycles. The molecule has 1 aliphatic heterocycles. The van der Waals surface area contributed by atoms with Crippen LogP contribution in [0.15, 0.2) is 34.7 Å². The third kappa shape index (κ3) is 2.53. The molecular weight excluding hydrogens is 236 g/mol. The molecule has 2 heterocycles. The van der Waals surface area contributed by atoms with Crippen molar-refractivity contribution < 1.29 is 4.42 Å². The van der Waals surface area contributed by atoms with Gasteiger partial charge in [0.15, 0.2) is 0 Å². The van der Waals surface area contributed by atoms with E-state index in [9.17, 15) is 0 Å². The summed E-state index contributed by atoms with van der Waals surface area (Å²) < 4.78 is 5.89. The van der Waals surface area contributed by atoms with Crippen molar-refractivity contribution in [3.8, 4) is 0 Å². The predicted octanol–water partition coefficient (Wildman–Crippen LogP) is 2.99. The summed E-state index contributed by atoms with van der Waals surface area (Å²) in [7, 11) is 0. The van der Waals surface area contributed by atoms with Gasteiger partial charge in [0.25, 0.3) is 0 Å². The van der Waals surface area contributed by atoms with Crippen molar-refractivity contribution in [1.82, 2.24) is 4.90 Å². The van der Waals surface area contributed by atoms with Gasteiger partial charge in [-0.2, -0.15) is 0 Å². The number of benzene rings is 1. The Bertz CT molecular complexity index is 540. The smallest absolute Gasteiger partial charge is 0.134 e. The maximum atomic E-state index is 6.18. The summed E-state index contributed by atoms with van der Waals surface area (Å²) in [6, 6.07) is 10.6. The summed E-state index contributed by atoms with van der Waals surface area (Å²) >= 11 is 0. The van der Waals surface area contributed by atoms with Gasteiger partial charge in [0, 0.05) is 24.5 Å². The van der Waals surface area contributed by atoms with Gasteiger partial charge in [0.2, 0.25) is 0 Å². The minimum absolute atomic E-state index is 0.185. The fraction of sp³-hybridized carbons (Fsp3) is 0.500. The number of fused-ring (bicyclic) bond motifs is 1. The van der Waals surface area contributed by atoms with E-state index in [2.05, 4.69) is 30.9 Å². The molecule has 1 aromatic heterocycles. The highest BCUT2D eigenvalue weighted by atomic mass is 16.3. The summed E-state index contributed by atoms with van der Waals surface area (Å²) in [5.74, 6) is 1.05. The summed E-state index contributed by atoms with van der Waals surface area (Å²) in [6.07, 6.45) is 1.06. The first-order valence-corrected chi connectivity index (χ1v) is 7.00. The average molecular weight is 258 g/mol. The predicted molar refractivity (Wildman–Crippen MR) is 77.9 cm³/mol. The lowest BCUT2D eigenvalue weighted by atomic mass is 9.80. The zero-order chi connectivity index (χ0) is 13.5. The van der Waals surface area contributed by atoms with E-state index in [4.69, 9.17) is 10.2 Å². The van der Waals surface area contributed by atoms with Crippen molar-refractivity contribution in [2.24, 2.45) is 11.1 Å². The maximum Gasteiger partial charge on any atom is 0.134 e.